The van der Waals surface area contributed by atoms with Gasteiger partial charge in [-0.15, -0.1) is 0 Å². The summed E-state index contributed by atoms with van der Waals surface area (Å²) < 4.78 is 11.1. The van der Waals surface area contributed by atoms with Gasteiger partial charge >= 0.3 is 5.97 Å². The fourth-order valence-corrected chi connectivity index (χ4v) is 3.24. The summed E-state index contributed by atoms with van der Waals surface area (Å²) in [6, 6.07) is 7.39. The van der Waals surface area contributed by atoms with Gasteiger partial charge in [0.2, 0.25) is 0 Å². The fraction of sp³-hybridized carbons (Fsp3) is 0.500. The van der Waals surface area contributed by atoms with E-state index in [0.717, 1.165) is 5.56 Å². The van der Waals surface area contributed by atoms with Crippen LogP contribution >= 0.6 is 11.6 Å². The predicted octanol–water partition coefficient (Wildman–Crippen LogP) is 1.87. The van der Waals surface area contributed by atoms with Crippen LogP contribution in [0.4, 0.5) is 0 Å². The summed E-state index contributed by atoms with van der Waals surface area (Å²) in [6.45, 7) is 1.27. The highest BCUT2D eigenvalue weighted by Gasteiger charge is 2.38. The second-order valence-electron chi connectivity index (χ2n) is 5.69. The van der Waals surface area contributed by atoms with Crippen LogP contribution in [0.2, 0.25) is 5.02 Å². The van der Waals surface area contributed by atoms with Crippen LogP contribution < -0.4 is 0 Å². The summed E-state index contributed by atoms with van der Waals surface area (Å²) in [4.78, 5) is 25.2. The van der Waals surface area contributed by atoms with Crippen molar-refractivity contribution in [3.63, 3.8) is 0 Å². The van der Waals surface area contributed by atoms with Crippen LogP contribution in [0.1, 0.15) is 24.5 Å². The third kappa shape index (κ3) is 3.49. The number of morpholine rings is 1. The van der Waals surface area contributed by atoms with Crippen LogP contribution in [0.5, 0.6) is 0 Å². The quantitative estimate of drug-likeness (QED) is 0.909. The Kier molecular flexibility index (Phi) is 4.84. The van der Waals surface area contributed by atoms with Crippen LogP contribution in [-0.2, 0) is 19.1 Å². The molecule has 1 aromatic rings. The summed E-state index contributed by atoms with van der Waals surface area (Å²) in [5.74, 6) is -1.19. The zero-order chi connectivity index (χ0) is 16.4. The molecular formula is C16H18ClNO5. The molecule has 0 radical (unpaired) electrons. The van der Waals surface area contributed by atoms with Crippen LogP contribution in [-0.4, -0.2) is 53.8 Å². The molecular weight excluding hydrogens is 322 g/mol. The molecule has 2 fully saturated rings. The number of carbonyl (C=O) groups excluding carboxylic acids is 1. The van der Waals surface area contributed by atoms with Crippen molar-refractivity contribution in [2.45, 2.75) is 31.2 Å². The highest BCUT2D eigenvalue weighted by Crippen LogP contribution is 2.29. The Morgan fingerprint density at radius 3 is 2.65 bits per heavy atom. The molecule has 2 aliphatic rings. The van der Waals surface area contributed by atoms with Crippen molar-refractivity contribution < 1.29 is 24.2 Å². The molecule has 124 valence electrons. The van der Waals surface area contributed by atoms with Crippen molar-refractivity contribution >= 4 is 23.5 Å². The molecule has 3 atom stereocenters. The largest absolute Gasteiger partial charge is 0.479 e. The van der Waals surface area contributed by atoms with E-state index < -0.39 is 18.2 Å². The standard InChI is InChI=1S/C16H18ClNO5/c17-11-4-2-1-3-10(11)14-9-18(7-8-22-14)15(19)12-5-6-13(23-12)16(20)21/h1-4,12-14H,5-9H2,(H,20,21)/t12-,13+,14?/m0/s1. The van der Waals surface area contributed by atoms with Gasteiger partial charge in [-0.05, 0) is 18.9 Å². The Morgan fingerprint density at radius 1 is 1.22 bits per heavy atom. The van der Waals surface area contributed by atoms with Crippen LogP contribution in [0.25, 0.3) is 0 Å². The zero-order valence-electron chi connectivity index (χ0n) is 12.5. The van der Waals surface area contributed by atoms with Gasteiger partial charge in [-0.3, -0.25) is 4.79 Å². The maximum atomic E-state index is 12.5. The first-order valence-electron chi connectivity index (χ1n) is 7.59. The van der Waals surface area contributed by atoms with E-state index in [9.17, 15) is 9.59 Å². The molecule has 1 aromatic carbocycles. The highest BCUT2D eigenvalue weighted by molar-refractivity contribution is 6.31. The fourth-order valence-electron chi connectivity index (χ4n) is 2.98. The number of carboxylic acid groups (broad SMARTS) is 1. The first kappa shape index (κ1) is 16.2. The number of halogens is 1. The number of ether oxygens (including phenoxy) is 2. The SMILES string of the molecule is O=C(O)[C@H]1CC[C@@H](C(=O)N2CCOC(c3ccccc3Cl)C2)O1. The molecule has 1 amide bonds. The number of rotatable bonds is 3. The maximum absolute atomic E-state index is 12.5. The molecule has 1 unspecified atom stereocenters. The number of hydrogen-bond acceptors (Lipinski definition) is 4. The van der Waals surface area contributed by atoms with Crippen LogP contribution in [0, 0.1) is 0 Å². The van der Waals surface area contributed by atoms with Gasteiger partial charge in [0.1, 0.15) is 12.2 Å². The lowest BCUT2D eigenvalue weighted by Crippen LogP contribution is -2.46. The molecule has 0 spiro atoms. The van der Waals surface area contributed by atoms with E-state index in [4.69, 9.17) is 26.2 Å². The molecule has 23 heavy (non-hydrogen) atoms. The van der Waals surface area contributed by atoms with Gasteiger partial charge in [-0.25, -0.2) is 4.79 Å². The minimum absolute atomic E-state index is 0.172. The van der Waals surface area contributed by atoms with E-state index in [-0.39, 0.29) is 12.0 Å². The zero-order valence-corrected chi connectivity index (χ0v) is 13.2. The van der Waals surface area contributed by atoms with Crippen molar-refractivity contribution in [1.82, 2.24) is 4.90 Å². The lowest BCUT2D eigenvalue weighted by molar-refractivity contribution is -0.158. The van der Waals surface area contributed by atoms with Crippen LogP contribution in [0.15, 0.2) is 24.3 Å². The lowest BCUT2D eigenvalue weighted by Gasteiger charge is -2.34. The minimum Gasteiger partial charge on any atom is -0.479 e. The first-order valence-corrected chi connectivity index (χ1v) is 7.97. The normalized spacial score (nSPS) is 27.9. The Hall–Kier alpha value is -1.63. The van der Waals surface area contributed by atoms with E-state index in [1.165, 1.54) is 0 Å². The van der Waals surface area contributed by atoms with Gasteiger partial charge in [0, 0.05) is 17.1 Å². The van der Waals surface area contributed by atoms with Gasteiger partial charge in [0.15, 0.2) is 6.10 Å². The van der Waals surface area contributed by atoms with Crippen LogP contribution in [0.3, 0.4) is 0 Å². The second kappa shape index (κ2) is 6.86. The van der Waals surface area contributed by atoms with E-state index in [0.29, 0.717) is 37.6 Å². The Bertz CT molecular complexity index is 608. The van der Waals surface area contributed by atoms with Gasteiger partial charge < -0.3 is 19.5 Å². The van der Waals surface area contributed by atoms with E-state index in [1.54, 1.807) is 11.0 Å². The molecule has 1 N–H and O–H groups in total. The smallest absolute Gasteiger partial charge is 0.332 e. The molecule has 6 nitrogen and oxygen atoms in total. The number of carboxylic acids is 1. The summed E-state index contributed by atoms with van der Waals surface area (Å²) in [5.41, 5.74) is 0.849. The number of carbonyl (C=O) groups is 2. The number of amides is 1. The van der Waals surface area contributed by atoms with Crippen molar-refractivity contribution in [3.8, 4) is 0 Å². The Labute approximate surface area is 138 Å². The van der Waals surface area contributed by atoms with E-state index in [2.05, 4.69) is 0 Å². The van der Waals surface area contributed by atoms with E-state index >= 15 is 0 Å². The maximum Gasteiger partial charge on any atom is 0.332 e. The molecule has 2 aliphatic heterocycles. The number of nitrogens with zero attached hydrogens (tertiary/aromatic N) is 1. The molecule has 0 aromatic heterocycles. The van der Waals surface area contributed by atoms with E-state index in [1.807, 2.05) is 18.2 Å². The first-order chi connectivity index (χ1) is 11.1. The molecule has 2 saturated heterocycles. The predicted molar refractivity (Wildman–Crippen MR) is 82.3 cm³/mol. The molecule has 0 bridgehead atoms. The molecule has 2 heterocycles. The summed E-state index contributed by atoms with van der Waals surface area (Å²) in [6.07, 6.45) is -1.04. The lowest BCUT2D eigenvalue weighted by atomic mass is 10.1. The third-order valence-corrected chi connectivity index (χ3v) is 4.54. The average Bonchev–Trinajstić information content (AvgIpc) is 3.05. The molecule has 3 rings (SSSR count). The van der Waals surface area contributed by atoms with Gasteiger partial charge in [-0.2, -0.15) is 0 Å². The van der Waals surface area contributed by atoms with Crippen molar-refractivity contribution in [2.24, 2.45) is 0 Å². The molecule has 0 aliphatic carbocycles. The third-order valence-electron chi connectivity index (χ3n) is 4.20. The number of hydrogen-bond donors (Lipinski definition) is 1. The molecule has 0 saturated carbocycles. The summed E-state index contributed by atoms with van der Waals surface area (Å²) in [7, 11) is 0. The topological polar surface area (TPSA) is 76.1 Å². The number of aliphatic carboxylic acids is 1. The van der Waals surface area contributed by atoms with Gasteiger partial charge in [-0.1, -0.05) is 29.8 Å². The van der Waals surface area contributed by atoms with Crippen molar-refractivity contribution in [2.75, 3.05) is 19.7 Å². The van der Waals surface area contributed by atoms with Gasteiger partial charge in [0.05, 0.1) is 13.2 Å². The average molecular weight is 340 g/mol. The summed E-state index contributed by atoms with van der Waals surface area (Å²) in [5, 5.41) is 9.57. The second-order valence-corrected chi connectivity index (χ2v) is 6.10. The Balaban J connectivity index is 1.66. The minimum atomic E-state index is -1.02. The number of benzene rings is 1. The van der Waals surface area contributed by atoms with Gasteiger partial charge in [0.25, 0.3) is 5.91 Å². The Morgan fingerprint density at radius 2 is 1.96 bits per heavy atom. The monoisotopic (exact) mass is 339 g/mol. The highest BCUT2D eigenvalue weighted by atomic mass is 35.5. The molecule has 7 heteroatoms. The van der Waals surface area contributed by atoms with Crippen molar-refractivity contribution in [3.05, 3.63) is 34.9 Å². The summed E-state index contributed by atoms with van der Waals surface area (Å²) >= 11 is 6.19. The van der Waals surface area contributed by atoms with Crippen molar-refractivity contribution in [1.29, 1.82) is 0 Å².